The number of hydrogen-bond acceptors (Lipinski definition) is 5. The second kappa shape index (κ2) is 8.47. The summed E-state index contributed by atoms with van der Waals surface area (Å²) in [6.07, 6.45) is 2.44. The summed E-state index contributed by atoms with van der Waals surface area (Å²) in [4.78, 5) is 14.5. The van der Waals surface area contributed by atoms with Gasteiger partial charge in [0.2, 0.25) is 5.91 Å². The Balaban J connectivity index is 1.44. The summed E-state index contributed by atoms with van der Waals surface area (Å²) in [6, 6.07) is 12.9. The number of carbonyl (C=O) groups is 1. The van der Waals surface area contributed by atoms with Crippen molar-refractivity contribution in [3.05, 3.63) is 72.1 Å². The minimum atomic E-state index is -3.13. The average molecular weight is 431 g/mol. The molecule has 6 nitrogen and oxygen atoms in total. The van der Waals surface area contributed by atoms with Crippen molar-refractivity contribution in [2.45, 2.75) is 31.8 Å². The van der Waals surface area contributed by atoms with E-state index in [4.69, 9.17) is 8.83 Å². The van der Waals surface area contributed by atoms with Gasteiger partial charge in [-0.2, -0.15) is 0 Å². The van der Waals surface area contributed by atoms with Gasteiger partial charge in [0.15, 0.2) is 9.84 Å². The van der Waals surface area contributed by atoms with Crippen LogP contribution in [0.1, 0.15) is 24.4 Å². The molecule has 0 N–H and O–H groups in total. The second-order valence-electron chi connectivity index (χ2n) is 7.40. The maximum absolute atomic E-state index is 13.9. The van der Waals surface area contributed by atoms with Gasteiger partial charge in [0.05, 0.1) is 29.9 Å². The topological polar surface area (TPSA) is 80.7 Å². The van der Waals surface area contributed by atoms with Crippen molar-refractivity contribution in [3.8, 4) is 11.3 Å². The molecule has 1 atom stereocenters. The molecule has 0 bridgehead atoms. The summed E-state index contributed by atoms with van der Waals surface area (Å²) in [5.74, 6) is 1.09. The van der Waals surface area contributed by atoms with E-state index in [-0.39, 0.29) is 42.2 Å². The summed E-state index contributed by atoms with van der Waals surface area (Å²) in [5.41, 5.74) is 0.366. The highest BCUT2D eigenvalue weighted by atomic mass is 32.2. The van der Waals surface area contributed by atoms with E-state index < -0.39 is 9.84 Å². The van der Waals surface area contributed by atoms with E-state index in [2.05, 4.69) is 0 Å². The minimum absolute atomic E-state index is 0.0301. The van der Waals surface area contributed by atoms with Crippen LogP contribution in [0, 0.1) is 5.82 Å². The van der Waals surface area contributed by atoms with Crippen molar-refractivity contribution >= 4 is 15.7 Å². The Labute approximate surface area is 174 Å². The van der Waals surface area contributed by atoms with Gasteiger partial charge in [-0.3, -0.25) is 4.79 Å². The Morgan fingerprint density at radius 2 is 1.93 bits per heavy atom. The van der Waals surface area contributed by atoms with Crippen LogP contribution >= 0.6 is 0 Å². The van der Waals surface area contributed by atoms with Crippen LogP contribution in [0.4, 0.5) is 4.39 Å². The fourth-order valence-corrected chi connectivity index (χ4v) is 5.44. The lowest BCUT2D eigenvalue weighted by Gasteiger charge is -2.27. The van der Waals surface area contributed by atoms with E-state index in [0.717, 1.165) is 0 Å². The number of aryl methyl sites for hydroxylation is 1. The lowest BCUT2D eigenvalue weighted by Crippen LogP contribution is -2.40. The second-order valence-corrected chi connectivity index (χ2v) is 9.63. The van der Waals surface area contributed by atoms with Gasteiger partial charge in [0, 0.05) is 18.9 Å². The molecule has 1 aromatic carbocycles. The molecular weight excluding hydrogens is 409 g/mol. The Morgan fingerprint density at radius 3 is 2.63 bits per heavy atom. The molecule has 1 amide bonds. The SMILES string of the molecule is O=C(CCc1ccc(-c2ccccc2F)o1)N(Cc1ccco1)[C@H]1CCS(=O)(=O)C1. The molecule has 30 heavy (non-hydrogen) atoms. The third kappa shape index (κ3) is 4.64. The van der Waals surface area contributed by atoms with Gasteiger partial charge in [-0.15, -0.1) is 0 Å². The third-order valence-corrected chi connectivity index (χ3v) is 7.01. The molecule has 0 aliphatic carbocycles. The molecule has 0 unspecified atom stereocenters. The highest BCUT2D eigenvalue weighted by Crippen LogP contribution is 2.26. The molecule has 158 valence electrons. The monoisotopic (exact) mass is 431 g/mol. The van der Waals surface area contributed by atoms with Crippen LogP contribution in [0.3, 0.4) is 0 Å². The number of hydrogen-bond donors (Lipinski definition) is 0. The molecule has 1 aliphatic heterocycles. The van der Waals surface area contributed by atoms with Gasteiger partial charge in [0.1, 0.15) is 23.1 Å². The van der Waals surface area contributed by atoms with Crippen molar-refractivity contribution in [1.29, 1.82) is 0 Å². The van der Waals surface area contributed by atoms with Gasteiger partial charge >= 0.3 is 0 Å². The van der Waals surface area contributed by atoms with Gasteiger partial charge in [-0.1, -0.05) is 12.1 Å². The van der Waals surface area contributed by atoms with E-state index in [0.29, 0.717) is 35.7 Å². The molecule has 0 radical (unpaired) electrons. The number of amides is 1. The molecular formula is C22H22FNO5S. The molecule has 2 aromatic heterocycles. The van der Waals surface area contributed by atoms with Crippen molar-refractivity contribution in [2.24, 2.45) is 0 Å². The molecule has 1 saturated heterocycles. The molecule has 3 aromatic rings. The third-order valence-electron chi connectivity index (χ3n) is 5.26. The molecule has 0 saturated carbocycles. The molecule has 4 rings (SSSR count). The molecule has 3 heterocycles. The Hall–Kier alpha value is -2.87. The van der Waals surface area contributed by atoms with Crippen molar-refractivity contribution in [1.82, 2.24) is 4.90 Å². The van der Waals surface area contributed by atoms with E-state index in [9.17, 15) is 17.6 Å². The Bertz CT molecular complexity index is 1120. The fraction of sp³-hybridized carbons (Fsp3) is 0.318. The quantitative estimate of drug-likeness (QED) is 0.568. The lowest BCUT2D eigenvalue weighted by atomic mass is 10.1. The van der Waals surface area contributed by atoms with Gasteiger partial charge < -0.3 is 13.7 Å². The van der Waals surface area contributed by atoms with Crippen LogP contribution in [0.15, 0.2) is 63.6 Å². The highest BCUT2D eigenvalue weighted by Gasteiger charge is 2.35. The first-order valence-electron chi connectivity index (χ1n) is 9.77. The summed E-state index contributed by atoms with van der Waals surface area (Å²) < 4.78 is 48.8. The molecule has 1 aliphatic rings. The largest absolute Gasteiger partial charge is 0.467 e. The number of benzene rings is 1. The van der Waals surface area contributed by atoms with Crippen LogP contribution in [0.5, 0.6) is 0 Å². The lowest BCUT2D eigenvalue weighted by molar-refractivity contribution is -0.134. The fourth-order valence-electron chi connectivity index (χ4n) is 3.70. The Kier molecular flexibility index (Phi) is 5.76. The van der Waals surface area contributed by atoms with Crippen LogP contribution < -0.4 is 0 Å². The highest BCUT2D eigenvalue weighted by molar-refractivity contribution is 7.91. The van der Waals surface area contributed by atoms with Crippen molar-refractivity contribution in [2.75, 3.05) is 11.5 Å². The van der Waals surface area contributed by atoms with E-state index in [1.807, 2.05) is 0 Å². The number of nitrogens with zero attached hydrogens (tertiary/aromatic N) is 1. The first kappa shape index (κ1) is 20.4. The summed E-state index contributed by atoms with van der Waals surface area (Å²) in [5, 5.41) is 0. The zero-order valence-corrected chi connectivity index (χ0v) is 17.1. The number of carbonyl (C=O) groups excluding carboxylic acids is 1. The van der Waals surface area contributed by atoms with Crippen LogP contribution in [-0.4, -0.2) is 36.8 Å². The zero-order valence-electron chi connectivity index (χ0n) is 16.3. The molecule has 1 fully saturated rings. The first-order chi connectivity index (χ1) is 14.4. The van der Waals surface area contributed by atoms with Crippen LogP contribution in [-0.2, 0) is 27.6 Å². The van der Waals surface area contributed by atoms with Gasteiger partial charge in [-0.05, 0) is 42.8 Å². The van der Waals surface area contributed by atoms with E-state index in [1.54, 1.807) is 47.4 Å². The minimum Gasteiger partial charge on any atom is -0.467 e. The van der Waals surface area contributed by atoms with Crippen molar-refractivity contribution < 1.29 is 26.4 Å². The maximum atomic E-state index is 13.9. The van der Waals surface area contributed by atoms with Crippen LogP contribution in [0.25, 0.3) is 11.3 Å². The number of sulfone groups is 1. The van der Waals surface area contributed by atoms with Crippen LogP contribution in [0.2, 0.25) is 0 Å². The standard InChI is InChI=1S/C22H22FNO5S/c23-20-6-2-1-5-19(20)21-9-7-17(29-21)8-10-22(25)24(14-18-4-3-12-28-18)16-11-13-30(26,27)15-16/h1-7,9,12,16H,8,10-11,13-15H2/t16-/m0/s1. The summed E-state index contributed by atoms with van der Waals surface area (Å²) in [6.45, 7) is 0.227. The normalized spacial score (nSPS) is 17.8. The molecule has 8 heteroatoms. The van der Waals surface area contributed by atoms with Gasteiger partial charge in [0.25, 0.3) is 0 Å². The van der Waals surface area contributed by atoms with Gasteiger partial charge in [-0.25, -0.2) is 12.8 Å². The molecule has 0 spiro atoms. The van der Waals surface area contributed by atoms with Crippen molar-refractivity contribution in [3.63, 3.8) is 0 Å². The van der Waals surface area contributed by atoms with E-state index in [1.165, 1.54) is 12.3 Å². The zero-order chi connectivity index (χ0) is 21.1. The summed E-state index contributed by atoms with van der Waals surface area (Å²) >= 11 is 0. The predicted octanol–water partition coefficient (Wildman–Crippen LogP) is 3.83. The first-order valence-corrected chi connectivity index (χ1v) is 11.6. The summed E-state index contributed by atoms with van der Waals surface area (Å²) in [7, 11) is -3.13. The smallest absolute Gasteiger partial charge is 0.223 e. The number of furan rings is 2. The Morgan fingerprint density at radius 1 is 1.10 bits per heavy atom. The number of rotatable bonds is 7. The average Bonchev–Trinajstić information content (AvgIpc) is 3.46. The van der Waals surface area contributed by atoms with E-state index >= 15 is 0 Å². The number of halogens is 1. The maximum Gasteiger partial charge on any atom is 0.223 e. The predicted molar refractivity (Wildman–Crippen MR) is 109 cm³/mol.